The van der Waals surface area contributed by atoms with Crippen LogP contribution in [0.3, 0.4) is 0 Å². The molecule has 9 aromatic rings. The van der Waals surface area contributed by atoms with Crippen molar-refractivity contribution < 1.29 is 91.2 Å². The molecule has 0 aliphatic carbocycles. The number of aromatic amines is 8. The average molecular weight is 2050 g/mol. The van der Waals surface area contributed by atoms with Crippen LogP contribution in [0, 0.1) is 23.7 Å². The van der Waals surface area contributed by atoms with Gasteiger partial charge in [-0.1, -0.05) is 97.5 Å². The summed E-state index contributed by atoms with van der Waals surface area (Å²) in [5.74, 6) is -5.99. The third-order valence-corrected chi connectivity index (χ3v) is 26.6. The van der Waals surface area contributed by atoms with E-state index in [4.69, 9.17) is 0 Å². The zero-order valence-electron chi connectivity index (χ0n) is 78.5. The van der Waals surface area contributed by atoms with Gasteiger partial charge in [-0.3, -0.25) is 76.4 Å². The first-order chi connectivity index (χ1) is 66.7. The highest BCUT2D eigenvalue weighted by atomic mass is 32.2. The highest BCUT2D eigenvalue weighted by Crippen LogP contribution is 2.28. The van der Waals surface area contributed by atoms with Gasteiger partial charge in [0.05, 0.1) is 47.1 Å². The number of aromatic nitrogens is 34. The Morgan fingerprint density at radius 3 is 0.800 bits per heavy atom. The molecule has 16 N–H and O–H groups in total. The number of nitrogens with one attached hydrogen (secondary N) is 16. The van der Waals surface area contributed by atoms with Crippen LogP contribution < -0.4 is 40.2 Å². The van der Waals surface area contributed by atoms with Crippen molar-refractivity contribution in [1.29, 1.82) is 0 Å². The lowest BCUT2D eigenvalue weighted by Crippen LogP contribution is -2.35. The summed E-state index contributed by atoms with van der Waals surface area (Å²) in [6.45, 7) is 15.4. The van der Waals surface area contributed by atoms with E-state index in [2.05, 4.69) is 191 Å². The van der Waals surface area contributed by atoms with Crippen molar-refractivity contribution in [1.82, 2.24) is 215 Å². The van der Waals surface area contributed by atoms with Crippen LogP contribution in [-0.2, 0) is 104 Å². The topological polar surface area (TPSA) is 891 Å². The maximum atomic E-state index is 12.5. The minimum absolute atomic E-state index is 0.00276. The van der Waals surface area contributed by atoms with Crippen LogP contribution in [0.4, 0.5) is 0 Å². The molecule has 0 saturated heterocycles. The van der Waals surface area contributed by atoms with Gasteiger partial charge in [0, 0.05) is 94.8 Å². The van der Waals surface area contributed by atoms with Crippen LogP contribution in [0.2, 0.25) is 0 Å². The Morgan fingerprint density at radius 1 is 0.293 bits per heavy atom. The van der Waals surface area contributed by atoms with Gasteiger partial charge in [0.15, 0.2) is 34.9 Å². The number of carbonyl (C=O) groups excluding carboxylic acids is 12. The fraction of sp³-hybridized carbons (Fsp3) is 0.689. The van der Waals surface area contributed by atoms with E-state index < -0.39 is 99.5 Å². The minimum Gasteiger partial charge on any atom is -0.356 e. The molecule has 0 radical (unpaired) electrons. The number of ketones is 4. The second-order valence-electron chi connectivity index (χ2n) is 32.6. The Balaban J connectivity index is 0.000000286. The number of amides is 8. The van der Waals surface area contributed by atoms with Gasteiger partial charge in [-0.05, 0) is 128 Å². The normalized spacial score (nSPS) is 12.4. The van der Waals surface area contributed by atoms with Crippen LogP contribution in [0.25, 0.3) is 23.0 Å². The first-order valence-electron chi connectivity index (χ1n) is 44.8. The molecule has 4 atom stereocenters. The van der Waals surface area contributed by atoms with Gasteiger partial charge in [0.2, 0.25) is 93.1 Å². The molecular weight excluding hydrogens is 1930 g/mol. The lowest BCUT2D eigenvalue weighted by molar-refractivity contribution is -0.122. The first-order valence-corrected chi connectivity index (χ1v) is 51.4. The molecule has 140 heavy (non-hydrogen) atoms. The number of carbonyl (C=O) groups is 12. The summed E-state index contributed by atoms with van der Waals surface area (Å²) in [7, 11) is -15.6. The number of sulfonamides is 4. The fourth-order valence-electron chi connectivity index (χ4n) is 12.7. The molecule has 66 heteroatoms. The maximum absolute atomic E-state index is 12.5. The molecule has 9 aromatic heterocycles. The number of hydrogen-bond acceptors (Lipinski definition) is 45. The van der Waals surface area contributed by atoms with Crippen molar-refractivity contribution in [3.05, 3.63) is 41.3 Å². The molecular formula is C74H120N42O20S4. The van der Waals surface area contributed by atoms with E-state index in [0.29, 0.717) is 77.5 Å². The van der Waals surface area contributed by atoms with Crippen molar-refractivity contribution in [3.8, 4) is 23.0 Å². The van der Waals surface area contributed by atoms with Crippen LogP contribution in [-0.4, -0.2) is 328 Å². The summed E-state index contributed by atoms with van der Waals surface area (Å²) < 4.78 is 107. The molecule has 0 saturated carbocycles. The lowest BCUT2D eigenvalue weighted by Gasteiger charge is -2.10. The van der Waals surface area contributed by atoms with Crippen molar-refractivity contribution in [2.24, 2.45) is 23.7 Å². The van der Waals surface area contributed by atoms with Gasteiger partial charge in [-0.2, -0.15) is 41.7 Å². The van der Waals surface area contributed by atoms with Crippen LogP contribution in [0.1, 0.15) is 281 Å². The zero-order chi connectivity index (χ0) is 102. The van der Waals surface area contributed by atoms with Crippen LogP contribution in [0.15, 0.2) is 6.33 Å². The molecule has 9 rings (SSSR count). The fourth-order valence-corrected chi connectivity index (χ4v) is 17.0. The highest BCUT2D eigenvalue weighted by molar-refractivity contribution is 7.90. The summed E-state index contributed by atoms with van der Waals surface area (Å²) in [6.07, 6.45) is 13.3. The largest absolute Gasteiger partial charge is 0.356 e. The smallest absolute Gasteiger partial charge is 0.253 e. The van der Waals surface area contributed by atoms with Crippen LogP contribution in [0.5, 0.6) is 0 Å². The molecule has 0 unspecified atom stereocenters. The summed E-state index contributed by atoms with van der Waals surface area (Å²) in [6, 6.07) is 0. The quantitative estimate of drug-likeness (QED) is 0.0175. The predicted molar refractivity (Wildman–Crippen MR) is 483 cm³/mol. The SMILES string of the molecule is CC(=O)[C@@H](C)CCCCNC(=O)CCCCCS(=O)(=O)NC(=O)CC(c1nn[nH]n1)c1nn[nH]n1.CC(=O)[C@@H](C)CCCCNC(=O)CCCCCS(=O)(=O)NC(=O)CC(c1nn[nH]n1)c1nn[nH]n1.CC(=O)[C@@H](C)CCCCNC(=O)CCCS(=O)(=O)NC(=O)CC(c1nn[nH]n1)c1nn[nH]n1.CC(=O)[C@@H](C)CCCCNC(=O)CCCS(=O)(=O)NC(=O)Cn1cnc(-c2nn[nH]n2)c1-c1nn[nH]n1. The lowest BCUT2D eigenvalue weighted by atomic mass is 10.0. The molecule has 0 aromatic carbocycles. The molecule has 0 aliphatic heterocycles. The van der Waals surface area contributed by atoms with Crippen molar-refractivity contribution in [2.75, 3.05) is 49.2 Å². The van der Waals surface area contributed by atoms with Crippen LogP contribution >= 0.6 is 0 Å². The summed E-state index contributed by atoms with van der Waals surface area (Å²) in [5.41, 5.74) is 0.445. The average Bonchev–Trinajstić information content (AvgIpc) is 1.64. The number of rotatable bonds is 64. The summed E-state index contributed by atoms with van der Waals surface area (Å²) in [5, 5.41) is 118. The molecule has 0 fully saturated rings. The third kappa shape index (κ3) is 45.5. The standard InChI is InChI=1S/C19H28N12O5S.2C19H32N10O5S.C17H28N10O5S/c1-12(13(2)32)6-3-4-8-20-14(33)7-5-9-37(35,36)26-15(34)10-31-11-21-16(18-22-27-28-23-18)17(31)19-24-29-30-25-19;2*1-13(14(2)30)8-5-6-10-20-16(31)9-4-3-7-11-35(33,34)25-17(32)12-15(18-21-26-27-22-18)19-23-28-29-24-19;1-11(12(2)28)6-3-4-8-18-14(29)7-5-9-33(31,32)23-15(30)10-13(16-19-24-25-20-16)17-21-26-27-22-17/h11-12H,3-10H2,1-2H3,(H,20,33)(H,26,34)(H,22,23,27,28)(H,24,25,29,30);2*13,15H,3-12H2,1-2H3,(H,20,31)(H,25,32)(H,21,22,26,27)(H,23,24,28,29);11,13H,3-10H2,1-2H3,(H,18,29)(H,23,30)(H,19,20,24,25)(H,21,22,26,27)/t12-;2*13-;11-/m0000/s1. The molecule has 8 amide bonds. The van der Waals surface area contributed by atoms with Gasteiger partial charge in [0.1, 0.15) is 41.1 Å². The number of Topliss-reactive ketones (excluding diaryl/α,β-unsaturated/α-hetero) is 4. The Morgan fingerprint density at radius 2 is 0.543 bits per heavy atom. The minimum atomic E-state index is -3.98. The van der Waals surface area contributed by atoms with Gasteiger partial charge >= 0.3 is 0 Å². The van der Waals surface area contributed by atoms with E-state index >= 15 is 0 Å². The van der Waals surface area contributed by atoms with Crippen molar-refractivity contribution in [3.63, 3.8) is 0 Å². The molecule has 0 bridgehead atoms. The summed E-state index contributed by atoms with van der Waals surface area (Å²) in [4.78, 5) is 146. The number of unbranched alkanes of at least 4 members (excludes halogenated alkanes) is 8. The summed E-state index contributed by atoms with van der Waals surface area (Å²) >= 11 is 0. The Hall–Kier alpha value is -14.0. The number of hydrogen-bond donors (Lipinski definition) is 16. The Labute approximate surface area is 802 Å². The molecule has 62 nitrogen and oxygen atoms in total. The van der Waals surface area contributed by atoms with E-state index in [1.807, 2.05) is 46.6 Å². The van der Waals surface area contributed by atoms with Crippen molar-refractivity contribution in [2.45, 2.75) is 253 Å². The van der Waals surface area contributed by atoms with E-state index in [9.17, 15) is 91.2 Å². The van der Waals surface area contributed by atoms with Gasteiger partial charge < -0.3 is 25.8 Å². The van der Waals surface area contributed by atoms with Gasteiger partial charge in [-0.15, -0.1) is 81.6 Å². The Kier molecular flexibility index (Phi) is 49.7. The van der Waals surface area contributed by atoms with Gasteiger partial charge in [0.25, 0.3) is 5.91 Å². The first kappa shape index (κ1) is 115. The maximum Gasteiger partial charge on any atom is 0.253 e. The van der Waals surface area contributed by atoms with E-state index in [0.717, 1.165) is 77.0 Å². The number of tetrazole rings is 8. The second kappa shape index (κ2) is 60.7. The molecule has 770 valence electrons. The number of H-pyrrole nitrogens is 8. The molecule has 0 aliphatic rings. The number of imidazole rings is 1. The van der Waals surface area contributed by atoms with Gasteiger partial charge in [-0.25, -0.2) is 38.7 Å². The zero-order valence-corrected chi connectivity index (χ0v) is 81.8. The molecule has 0 spiro atoms. The van der Waals surface area contributed by atoms with E-state index in [1.54, 1.807) is 27.7 Å². The molecule has 9 heterocycles. The third-order valence-electron chi connectivity index (χ3n) is 21.1. The highest BCUT2D eigenvalue weighted by Gasteiger charge is 2.33. The second-order valence-corrected chi connectivity index (χ2v) is 39.9. The number of nitrogens with zero attached hydrogens (tertiary/aromatic N) is 26. The monoisotopic (exact) mass is 2040 g/mol. The van der Waals surface area contributed by atoms with Crippen molar-refractivity contribution >= 4 is 110 Å². The Bertz CT molecular complexity index is 5450. The predicted octanol–water partition coefficient (Wildman–Crippen LogP) is -2.54. The van der Waals surface area contributed by atoms with E-state index in [-0.39, 0.29) is 185 Å². The van der Waals surface area contributed by atoms with E-state index in [1.165, 1.54) is 10.9 Å².